The molecule has 2 aliphatic rings. The predicted molar refractivity (Wildman–Crippen MR) is 128 cm³/mol. The van der Waals surface area contributed by atoms with E-state index < -0.39 is 11.5 Å². The Hall–Kier alpha value is -3.52. The van der Waals surface area contributed by atoms with Crippen LogP contribution >= 0.6 is 0 Å². The number of hydrogen-bond donors (Lipinski definition) is 2. The zero-order valence-corrected chi connectivity index (χ0v) is 19.0. The van der Waals surface area contributed by atoms with Crippen molar-refractivity contribution in [2.75, 3.05) is 24.6 Å². The molecule has 2 amide bonds. The summed E-state index contributed by atoms with van der Waals surface area (Å²) in [5.41, 5.74) is 2.94. The molecule has 2 aromatic heterocycles. The van der Waals surface area contributed by atoms with E-state index in [0.717, 1.165) is 46.1 Å². The number of carbonyl (C=O) groups excluding carboxylic acids is 1. The number of hydrogen-bond acceptors (Lipinski definition) is 5. The van der Waals surface area contributed by atoms with Crippen molar-refractivity contribution in [3.05, 3.63) is 65.7 Å². The highest BCUT2D eigenvalue weighted by atomic mass is 16.4. The first-order valence-corrected chi connectivity index (χ1v) is 11.8. The first kappa shape index (κ1) is 22.3. The van der Waals surface area contributed by atoms with Crippen molar-refractivity contribution in [1.29, 1.82) is 0 Å². The lowest BCUT2D eigenvalue weighted by molar-refractivity contribution is -0.124. The van der Waals surface area contributed by atoms with Gasteiger partial charge in [-0.2, -0.15) is 0 Å². The van der Waals surface area contributed by atoms with E-state index in [9.17, 15) is 19.8 Å². The Morgan fingerprint density at radius 2 is 1.88 bits per heavy atom. The van der Waals surface area contributed by atoms with Crippen LogP contribution in [0.1, 0.15) is 42.5 Å². The summed E-state index contributed by atoms with van der Waals surface area (Å²) in [5, 5.41) is 20.8. The van der Waals surface area contributed by atoms with Gasteiger partial charge in [-0.05, 0) is 54.7 Å². The zero-order valence-electron chi connectivity index (χ0n) is 19.0. The minimum atomic E-state index is -0.944. The molecule has 176 valence electrons. The summed E-state index contributed by atoms with van der Waals surface area (Å²) in [6.07, 6.45) is 7.58. The highest BCUT2D eigenvalue weighted by Crippen LogP contribution is 2.48. The minimum Gasteiger partial charge on any atom is -0.465 e. The van der Waals surface area contributed by atoms with Crippen LogP contribution in [0.15, 0.2) is 48.9 Å². The third-order valence-electron chi connectivity index (χ3n) is 7.28. The summed E-state index contributed by atoms with van der Waals surface area (Å²) < 4.78 is 0. The van der Waals surface area contributed by atoms with Crippen LogP contribution < -0.4 is 4.90 Å². The Morgan fingerprint density at radius 1 is 1.09 bits per heavy atom. The van der Waals surface area contributed by atoms with E-state index in [1.807, 2.05) is 30.5 Å². The van der Waals surface area contributed by atoms with Crippen LogP contribution in [0.4, 0.5) is 10.5 Å². The van der Waals surface area contributed by atoms with Crippen molar-refractivity contribution in [1.82, 2.24) is 14.9 Å². The van der Waals surface area contributed by atoms with Gasteiger partial charge < -0.3 is 20.0 Å². The highest BCUT2D eigenvalue weighted by Gasteiger charge is 2.52. The molecule has 2 N–H and O–H groups in total. The predicted octanol–water partition coefficient (Wildman–Crippen LogP) is 3.50. The molecule has 0 atom stereocenters. The van der Waals surface area contributed by atoms with Gasteiger partial charge in [-0.1, -0.05) is 24.3 Å². The van der Waals surface area contributed by atoms with E-state index in [1.165, 1.54) is 4.90 Å². The van der Waals surface area contributed by atoms with Gasteiger partial charge in [0.25, 0.3) is 0 Å². The zero-order chi connectivity index (χ0) is 23.7. The molecular weight excluding hydrogens is 432 g/mol. The van der Waals surface area contributed by atoms with Gasteiger partial charge in [0.2, 0.25) is 5.91 Å². The topological polar surface area (TPSA) is 107 Å². The van der Waals surface area contributed by atoms with Gasteiger partial charge in [-0.3, -0.25) is 14.8 Å². The number of rotatable bonds is 6. The number of unbranched alkanes of at least 4 members (excludes halogenated alkanes) is 1. The molecule has 1 saturated heterocycles. The average molecular weight is 461 g/mol. The van der Waals surface area contributed by atoms with Gasteiger partial charge in [0, 0.05) is 37.5 Å². The number of anilines is 1. The van der Waals surface area contributed by atoms with Crippen molar-refractivity contribution in [2.45, 2.75) is 44.1 Å². The summed E-state index contributed by atoms with van der Waals surface area (Å²) in [7, 11) is 0. The van der Waals surface area contributed by atoms with E-state index >= 15 is 0 Å². The van der Waals surface area contributed by atoms with Crippen molar-refractivity contribution >= 4 is 28.5 Å². The number of benzene rings is 1. The Labute approximate surface area is 197 Å². The molecule has 2 aliphatic heterocycles. The van der Waals surface area contributed by atoms with Crippen molar-refractivity contribution in [3.8, 4) is 0 Å². The molecule has 4 heterocycles. The molecule has 0 saturated carbocycles. The Morgan fingerprint density at radius 3 is 2.65 bits per heavy atom. The third-order valence-corrected chi connectivity index (χ3v) is 7.28. The van der Waals surface area contributed by atoms with Crippen LogP contribution in [0.3, 0.4) is 0 Å². The number of amides is 2. The summed E-state index contributed by atoms with van der Waals surface area (Å²) in [5.74, 6) is -0.00296. The van der Waals surface area contributed by atoms with Gasteiger partial charge in [-0.15, -0.1) is 0 Å². The maximum atomic E-state index is 13.9. The number of aromatic nitrogens is 2. The smallest absolute Gasteiger partial charge is 0.407 e. The first-order chi connectivity index (χ1) is 16.5. The Bertz CT molecular complexity index is 1240. The summed E-state index contributed by atoms with van der Waals surface area (Å²) in [6.45, 7) is 1.14. The second kappa shape index (κ2) is 9.02. The summed E-state index contributed by atoms with van der Waals surface area (Å²) in [6, 6.07) is 10.0. The van der Waals surface area contributed by atoms with Crippen LogP contribution in [0.5, 0.6) is 0 Å². The van der Waals surface area contributed by atoms with Crippen LogP contribution in [0, 0.1) is 0 Å². The number of fused-ring (bicyclic) bond motifs is 3. The van der Waals surface area contributed by atoms with Gasteiger partial charge in [0.05, 0.1) is 29.5 Å². The number of likely N-dealkylation sites (tertiary alicyclic amines) is 1. The lowest BCUT2D eigenvalue weighted by Gasteiger charge is -2.37. The van der Waals surface area contributed by atoms with Gasteiger partial charge >= 0.3 is 6.09 Å². The van der Waals surface area contributed by atoms with E-state index in [4.69, 9.17) is 4.98 Å². The fraction of sp³-hybridized carbons (Fsp3) is 0.385. The average Bonchev–Trinajstić information content (AvgIpc) is 3.08. The second-order valence-electron chi connectivity index (χ2n) is 9.09. The molecule has 0 bridgehead atoms. The molecule has 1 fully saturated rings. The van der Waals surface area contributed by atoms with Crippen LogP contribution in [0.2, 0.25) is 0 Å². The molecule has 0 unspecified atom stereocenters. The molecule has 34 heavy (non-hydrogen) atoms. The SMILES string of the molecule is O=C(O)N1CCC2(CC1)C(=O)N(Cc1ncc3ccccc3c1CCCCO)c1cnccc12. The highest BCUT2D eigenvalue weighted by molar-refractivity contribution is 6.08. The van der Waals surface area contributed by atoms with Gasteiger partial charge in [0.15, 0.2) is 0 Å². The van der Waals surface area contributed by atoms with Gasteiger partial charge in [-0.25, -0.2) is 4.79 Å². The number of carbonyl (C=O) groups is 2. The fourth-order valence-electron chi connectivity index (χ4n) is 5.45. The Kier molecular flexibility index (Phi) is 5.91. The molecule has 3 aromatic rings. The number of nitrogens with zero attached hydrogens (tertiary/aromatic N) is 4. The number of carboxylic acid groups (broad SMARTS) is 1. The molecule has 0 aliphatic carbocycles. The lowest BCUT2D eigenvalue weighted by Crippen LogP contribution is -2.49. The maximum absolute atomic E-state index is 13.9. The minimum absolute atomic E-state index is 0.00296. The number of aliphatic hydroxyl groups is 1. The van der Waals surface area contributed by atoms with Crippen molar-refractivity contribution in [2.24, 2.45) is 0 Å². The molecule has 1 aromatic carbocycles. The number of piperidine rings is 1. The molecule has 5 rings (SSSR count). The summed E-state index contributed by atoms with van der Waals surface area (Å²) in [4.78, 5) is 37.6. The monoisotopic (exact) mass is 460 g/mol. The van der Waals surface area contributed by atoms with Crippen molar-refractivity contribution < 1.29 is 19.8 Å². The summed E-state index contributed by atoms with van der Waals surface area (Å²) >= 11 is 0. The number of aryl methyl sites for hydroxylation is 1. The molecule has 8 heteroatoms. The lowest BCUT2D eigenvalue weighted by atomic mass is 9.74. The van der Waals surface area contributed by atoms with E-state index in [-0.39, 0.29) is 12.5 Å². The van der Waals surface area contributed by atoms with E-state index in [1.54, 1.807) is 17.3 Å². The quantitative estimate of drug-likeness (QED) is 0.545. The second-order valence-corrected chi connectivity index (χ2v) is 9.09. The van der Waals surface area contributed by atoms with Gasteiger partial charge in [0.1, 0.15) is 0 Å². The standard InChI is InChI=1S/C26H28N4O4/c31-14-4-3-7-20-19-6-2-1-5-18(19)15-28-22(20)17-30-23-16-27-11-8-21(23)26(24(30)32)9-12-29(13-10-26)25(33)34/h1-2,5-6,8,11,15-16,31H,3-4,7,9-10,12-14,17H2,(H,33,34). The molecule has 0 radical (unpaired) electrons. The normalized spacial score (nSPS) is 16.9. The van der Waals surface area contributed by atoms with E-state index in [2.05, 4.69) is 11.1 Å². The molecular formula is C26H28N4O4. The Balaban J connectivity index is 1.51. The number of pyridine rings is 2. The molecule has 8 nitrogen and oxygen atoms in total. The fourth-order valence-corrected chi connectivity index (χ4v) is 5.45. The van der Waals surface area contributed by atoms with Crippen LogP contribution in [-0.4, -0.2) is 56.8 Å². The van der Waals surface area contributed by atoms with E-state index in [0.29, 0.717) is 38.9 Å². The van der Waals surface area contributed by atoms with Crippen LogP contribution in [-0.2, 0) is 23.2 Å². The molecule has 1 spiro atoms. The third kappa shape index (κ3) is 3.68. The first-order valence-electron chi connectivity index (χ1n) is 11.8. The van der Waals surface area contributed by atoms with Crippen LogP contribution in [0.25, 0.3) is 10.8 Å². The number of aliphatic hydroxyl groups excluding tert-OH is 1. The largest absolute Gasteiger partial charge is 0.465 e. The maximum Gasteiger partial charge on any atom is 0.407 e. The van der Waals surface area contributed by atoms with Crippen molar-refractivity contribution in [3.63, 3.8) is 0 Å².